The van der Waals surface area contributed by atoms with Crippen LogP contribution in [0.25, 0.3) is 10.9 Å². The molecule has 0 spiro atoms. The summed E-state index contributed by atoms with van der Waals surface area (Å²) in [6.45, 7) is 0. The molecule has 0 saturated heterocycles. The van der Waals surface area contributed by atoms with Crippen molar-refractivity contribution in [3.63, 3.8) is 0 Å². The fourth-order valence-corrected chi connectivity index (χ4v) is 3.04. The molecule has 0 amide bonds. The molecule has 17 heavy (non-hydrogen) atoms. The van der Waals surface area contributed by atoms with Crippen LogP contribution < -0.4 is 5.73 Å². The van der Waals surface area contributed by atoms with Gasteiger partial charge in [-0.3, -0.25) is 0 Å². The molecule has 1 aromatic heterocycles. The van der Waals surface area contributed by atoms with Gasteiger partial charge in [0.15, 0.2) is 0 Å². The number of aromatic amines is 1. The molecule has 1 atom stereocenters. The molecule has 3 N–H and O–H groups in total. The molecule has 2 aromatic rings. The highest BCUT2D eigenvalue weighted by Gasteiger charge is 2.21. The molecule has 1 fully saturated rings. The first-order chi connectivity index (χ1) is 8.34. The third kappa shape index (κ3) is 2.09. The van der Waals surface area contributed by atoms with E-state index in [1.54, 1.807) is 0 Å². The van der Waals surface area contributed by atoms with Crippen molar-refractivity contribution in [1.29, 1.82) is 0 Å². The van der Waals surface area contributed by atoms with Gasteiger partial charge in [-0.1, -0.05) is 25.3 Å². The molecule has 1 heterocycles. The number of rotatable bonds is 2. The molecular formula is C15H20N2. The third-order valence-corrected chi connectivity index (χ3v) is 4.12. The summed E-state index contributed by atoms with van der Waals surface area (Å²) in [4.78, 5) is 3.22. The molecule has 1 aliphatic rings. The Morgan fingerprint density at radius 3 is 2.76 bits per heavy atom. The van der Waals surface area contributed by atoms with Crippen molar-refractivity contribution < 1.29 is 0 Å². The van der Waals surface area contributed by atoms with Crippen LogP contribution in [0.5, 0.6) is 0 Å². The van der Waals surface area contributed by atoms with Crippen molar-refractivity contribution in [2.45, 2.75) is 38.1 Å². The zero-order valence-corrected chi connectivity index (χ0v) is 10.2. The largest absolute Gasteiger partial charge is 0.361 e. The van der Waals surface area contributed by atoms with Crippen molar-refractivity contribution >= 4 is 10.9 Å². The van der Waals surface area contributed by atoms with Crippen molar-refractivity contribution in [1.82, 2.24) is 4.98 Å². The van der Waals surface area contributed by atoms with Crippen LogP contribution in [0.15, 0.2) is 30.5 Å². The van der Waals surface area contributed by atoms with Gasteiger partial charge in [0.1, 0.15) is 0 Å². The first-order valence-electron chi connectivity index (χ1n) is 6.67. The second-order valence-electron chi connectivity index (χ2n) is 5.25. The molecular weight excluding hydrogens is 208 g/mol. The fraction of sp³-hybridized carbons (Fsp3) is 0.467. The van der Waals surface area contributed by atoms with E-state index < -0.39 is 0 Å². The number of nitrogens with two attached hydrogens (primary N) is 1. The number of H-pyrrole nitrogens is 1. The number of aromatic nitrogens is 1. The second kappa shape index (κ2) is 4.53. The maximum atomic E-state index is 6.42. The zero-order valence-electron chi connectivity index (χ0n) is 10.2. The summed E-state index contributed by atoms with van der Waals surface area (Å²) in [5.41, 5.74) is 8.91. The topological polar surface area (TPSA) is 41.8 Å². The van der Waals surface area contributed by atoms with Crippen LogP contribution in [0.2, 0.25) is 0 Å². The lowest BCUT2D eigenvalue weighted by atomic mass is 9.81. The van der Waals surface area contributed by atoms with Crippen LogP contribution in [0.4, 0.5) is 0 Å². The van der Waals surface area contributed by atoms with Gasteiger partial charge in [-0.25, -0.2) is 0 Å². The fourth-order valence-electron chi connectivity index (χ4n) is 3.04. The Balaban J connectivity index is 1.86. The third-order valence-electron chi connectivity index (χ3n) is 4.12. The standard InChI is InChI=1S/C15H20N2/c16-15(11-4-2-1-3-5-11)13-6-7-14-12(10-13)8-9-17-14/h6-11,15,17H,1-5,16H2/t15-/m1/s1. The first-order valence-corrected chi connectivity index (χ1v) is 6.67. The molecule has 1 aliphatic carbocycles. The van der Waals surface area contributed by atoms with Crippen LogP contribution in [-0.2, 0) is 0 Å². The van der Waals surface area contributed by atoms with Crippen LogP contribution in [0.3, 0.4) is 0 Å². The van der Waals surface area contributed by atoms with Gasteiger partial charge in [-0.2, -0.15) is 0 Å². The zero-order chi connectivity index (χ0) is 11.7. The molecule has 1 aromatic carbocycles. The average molecular weight is 228 g/mol. The summed E-state index contributed by atoms with van der Waals surface area (Å²) in [5, 5.41) is 1.27. The monoisotopic (exact) mass is 228 g/mol. The molecule has 2 heteroatoms. The predicted molar refractivity (Wildman–Crippen MR) is 71.8 cm³/mol. The van der Waals surface area contributed by atoms with Crippen LogP contribution in [-0.4, -0.2) is 4.98 Å². The highest BCUT2D eigenvalue weighted by atomic mass is 14.7. The van der Waals surface area contributed by atoms with Gasteiger partial charge in [0, 0.05) is 17.8 Å². The van der Waals surface area contributed by atoms with Gasteiger partial charge >= 0.3 is 0 Å². The van der Waals surface area contributed by atoms with E-state index in [0.29, 0.717) is 5.92 Å². The molecule has 0 aliphatic heterocycles. The number of fused-ring (bicyclic) bond motifs is 1. The van der Waals surface area contributed by atoms with Crippen molar-refractivity contribution in [3.8, 4) is 0 Å². The summed E-state index contributed by atoms with van der Waals surface area (Å²) < 4.78 is 0. The van der Waals surface area contributed by atoms with E-state index in [-0.39, 0.29) is 6.04 Å². The van der Waals surface area contributed by atoms with Gasteiger partial charge in [-0.05, 0) is 47.9 Å². The molecule has 1 saturated carbocycles. The van der Waals surface area contributed by atoms with Gasteiger partial charge in [0.25, 0.3) is 0 Å². The Morgan fingerprint density at radius 1 is 1.12 bits per heavy atom. The Bertz CT molecular complexity index is 494. The molecule has 0 unspecified atom stereocenters. The minimum Gasteiger partial charge on any atom is -0.361 e. The summed E-state index contributed by atoms with van der Waals surface area (Å²) in [6, 6.07) is 8.90. The molecule has 0 radical (unpaired) electrons. The van der Waals surface area contributed by atoms with Gasteiger partial charge in [-0.15, -0.1) is 0 Å². The maximum Gasteiger partial charge on any atom is 0.0454 e. The Kier molecular flexibility index (Phi) is 2.89. The summed E-state index contributed by atoms with van der Waals surface area (Å²) >= 11 is 0. The molecule has 2 nitrogen and oxygen atoms in total. The van der Waals surface area contributed by atoms with Crippen LogP contribution in [0, 0.1) is 5.92 Å². The van der Waals surface area contributed by atoms with Crippen molar-refractivity contribution in [2.24, 2.45) is 11.7 Å². The first kappa shape index (κ1) is 10.8. The van der Waals surface area contributed by atoms with Gasteiger partial charge < -0.3 is 10.7 Å². The lowest BCUT2D eigenvalue weighted by molar-refractivity contribution is 0.308. The quantitative estimate of drug-likeness (QED) is 0.807. The summed E-state index contributed by atoms with van der Waals surface area (Å²) in [6.07, 6.45) is 8.68. The molecule has 0 bridgehead atoms. The number of hydrogen-bond acceptors (Lipinski definition) is 1. The molecule has 90 valence electrons. The summed E-state index contributed by atoms with van der Waals surface area (Å²) in [7, 11) is 0. The van der Waals surface area contributed by atoms with E-state index in [9.17, 15) is 0 Å². The van der Waals surface area contributed by atoms with Gasteiger partial charge in [0.05, 0.1) is 0 Å². The van der Waals surface area contributed by atoms with E-state index in [2.05, 4.69) is 29.2 Å². The Labute approximate surface area is 102 Å². The number of nitrogens with one attached hydrogen (secondary N) is 1. The predicted octanol–water partition coefficient (Wildman–Crippen LogP) is 3.75. The number of benzene rings is 1. The SMILES string of the molecule is N[C@@H](c1ccc2[nH]ccc2c1)C1CCCCC1. The minimum atomic E-state index is 0.217. The summed E-state index contributed by atoms with van der Waals surface area (Å²) in [5.74, 6) is 0.681. The second-order valence-corrected chi connectivity index (χ2v) is 5.25. The number of hydrogen-bond donors (Lipinski definition) is 2. The van der Waals surface area contributed by atoms with E-state index in [4.69, 9.17) is 5.73 Å². The smallest absolute Gasteiger partial charge is 0.0454 e. The van der Waals surface area contributed by atoms with E-state index in [1.165, 1.54) is 48.6 Å². The normalized spacial score (nSPS) is 19.6. The Hall–Kier alpha value is -1.28. The lowest BCUT2D eigenvalue weighted by Gasteiger charge is -2.27. The highest BCUT2D eigenvalue weighted by molar-refractivity contribution is 5.80. The highest BCUT2D eigenvalue weighted by Crippen LogP contribution is 2.33. The maximum absolute atomic E-state index is 6.42. The van der Waals surface area contributed by atoms with Crippen LogP contribution >= 0.6 is 0 Å². The average Bonchev–Trinajstić information content (AvgIpc) is 2.86. The van der Waals surface area contributed by atoms with Crippen molar-refractivity contribution in [3.05, 3.63) is 36.0 Å². The van der Waals surface area contributed by atoms with Gasteiger partial charge in [0.2, 0.25) is 0 Å². The minimum absolute atomic E-state index is 0.217. The van der Waals surface area contributed by atoms with E-state index in [0.717, 1.165) is 0 Å². The van der Waals surface area contributed by atoms with E-state index in [1.807, 2.05) is 6.20 Å². The van der Waals surface area contributed by atoms with E-state index >= 15 is 0 Å². The van der Waals surface area contributed by atoms with Crippen molar-refractivity contribution in [2.75, 3.05) is 0 Å². The molecule has 3 rings (SSSR count). The Morgan fingerprint density at radius 2 is 1.94 bits per heavy atom. The van der Waals surface area contributed by atoms with Crippen LogP contribution in [0.1, 0.15) is 43.7 Å². The lowest BCUT2D eigenvalue weighted by Crippen LogP contribution is -2.23.